The Labute approximate surface area is 111 Å². The summed E-state index contributed by atoms with van der Waals surface area (Å²) in [6, 6.07) is 0. The van der Waals surface area contributed by atoms with Crippen LogP contribution < -0.4 is 5.32 Å². The van der Waals surface area contributed by atoms with Gasteiger partial charge in [0.05, 0.1) is 30.0 Å². The van der Waals surface area contributed by atoms with Gasteiger partial charge in [0.2, 0.25) is 0 Å². The Morgan fingerprint density at radius 2 is 2.11 bits per heavy atom. The lowest BCUT2D eigenvalue weighted by atomic mass is 10.4. The van der Waals surface area contributed by atoms with Crippen molar-refractivity contribution in [2.75, 3.05) is 6.54 Å². The summed E-state index contributed by atoms with van der Waals surface area (Å²) in [5.74, 6) is 0. The first-order valence-corrected chi connectivity index (χ1v) is 6.43. The third kappa shape index (κ3) is 3.82. The highest BCUT2D eigenvalue weighted by Crippen LogP contribution is 2.04. The molecule has 0 fully saturated rings. The molecular weight excluding hydrogens is 252 g/mol. The fourth-order valence-electron chi connectivity index (χ4n) is 1.59. The fraction of sp³-hybridized carbons (Fsp3) is 0.545. The highest BCUT2D eigenvalue weighted by Gasteiger charge is 2.01. The molecule has 0 aromatic carbocycles. The molecule has 0 amide bonds. The van der Waals surface area contributed by atoms with Crippen molar-refractivity contribution in [1.29, 1.82) is 0 Å². The van der Waals surface area contributed by atoms with Gasteiger partial charge in [-0.2, -0.15) is 5.10 Å². The van der Waals surface area contributed by atoms with Gasteiger partial charge in [0.15, 0.2) is 0 Å². The molecule has 0 unspecified atom stereocenters. The van der Waals surface area contributed by atoms with Gasteiger partial charge in [-0.3, -0.25) is 9.36 Å². The maximum atomic E-state index is 5.79. The molecular formula is C11H17ClN6. The van der Waals surface area contributed by atoms with Crippen molar-refractivity contribution in [2.24, 2.45) is 0 Å². The molecule has 0 spiro atoms. The maximum absolute atomic E-state index is 5.79. The predicted molar refractivity (Wildman–Crippen MR) is 69.3 cm³/mol. The molecule has 2 heterocycles. The van der Waals surface area contributed by atoms with Crippen LogP contribution in [0.15, 0.2) is 18.6 Å². The Hall–Kier alpha value is -1.40. The largest absolute Gasteiger partial charge is 0.311 e. The Balaban J connectivity index is 1.79. The molecule has 18 heavy (non-hydrogen) atoms. The second-order valence-corrected chi connectivity index (χ2v) is 4.51. The summed E-state index contributed by atoms with van der Waals surface area (Å²) in [5, 5.41) is 16.2. The van der Waals surface area contributed by atoms with Crippen molar-refractivity contribution in [3.8, 4) is 0 Å². The molecule has 0 radical (unpaired) electrons. The third-order valence-corrected chi connectivity index (χ3v) is 2.67. The zero-order valence-electron chi connectivity index (χ0n) is 10.4. The SMILES string of the molecule is CCCNCc1cn(CCn2cc(Cl)cn2)nn1. The number of hydrogen-bond donors (Lipinski definition) is 1. The van der Waals surface area contributed by atoms with Crippen molar-refractivity contribution >= 4 is 11.6 Å². The van der Waals surface area contributed by atoms with Crippen molar-refractivity contribution < 1.29 is 0 Å². The van der Waals surface area contributed by atoms with Gasteiger partial charge in [0.25, 0.3) is 0 Å². The first-order valence-electron chi connectivity index (χ1n) is 6.05. The van der Waals surface area contributed by atoms with Gasteiger partial charge in [-0.05, 0) is 13.0 Å². The lowest BCUT2D eigenvalue weighted by Crippen LogP contribution is -2.14. The van der Waals surface area contributed by atoms with Crippen LogP contribution in [0.5, 0.6) is 0 Å². The van der Waals surface area contributed by atoms with E-state index in [-0.39, 0.29) is 0 Å². The molecule has 2 rings (SSSR count). The fourth-order valence-corrected chi connectivity index (χ4v) is 1.74. The van der Waals surface area contributed by atoms with Gasteiger partial charge in [-0.15, -0.1) is 5.10 Å². The maximum Gasteiger partial charge on any atom is 0.0964 e. The number of aryl methyl sites for hydroxylation is 2. The topological polar surface area (TPSA) is 60.6 Å². The van der Waals surface area contributed by atoms with Crippen molar-refractivity contribution in [1.82, 2.24) is 30.1 Å². The summed E-state index contributed by atoms with van der Waals surface area (Å²) in [7, 11) is 0. The standard InChI is InChI=1S/C11H17ClN6/c1-2-3-13-7-11-9-18(16-15-11)5-4-17-8-10(12)6-14-17/h6,8-9,13H,2-5,7H2,1H3. The Morgan fingerprint density at radius 3 is 2.83 bits per heavy atom. The molecule has 0 aliphatic carbocycles. The van der Waals surface area contributed by atoms with Gasteiger partial charge >= 0.3 is 0 Å². The molecule has 0 aliphatic rings. The first-order chi connectivity index (χ1) is 8.78. The van der Waals surface area contributed by atoms with E-state index in [0.29, 0.717) is 5.02 Å². The zero-order valence-corrected chi connectivity index (χ0v) is 11.1. The Kier molecular flexibility index (Phi) is 4.72. The minimum Gasteiger partial charge on any atom is -0.311 e. The minimum absolute atomic E-state index is 0.651. The number of aromatic nitrogens is 5. The summed E-state index contributed by atoms with van der Waals surface area (Å²) in [6.07, 6.45) is 6.49. The quantitative estimate of drug-likeness (QED) is 0.770. The van der Waals surface area contributed by atoms with E-state index in [0.717, 1.165) is 38.3 Å². The second-order valence-electron chi connectivity index (χ2n) is 4.07. The summed E-state index contributed by atoms with van der Waals surface area (Å²) in [4.78, 5) is 0. The van der Waals surface area contributed by atoms with E-state index in [1.54, 1.807) is 17.1 Å². The van der Waals surface area contributed by atoms with Gasteiger partial charge in [0.1, 0.15) is 0 Å². The van der Waals surface area contributed by atoms with Gasteiger partial charge in [-0.1, -0.05) is 23.7 Å². The molecule has 0 aliphatic heterocycles. The number of nitrogens with zero attached hydrogens (tertiary/aromatic N) is 5. The number of halogens is 1. The molecule has 0 saturated heterocycles. The number of nitrogens with one attached hydrogen (secondary N) is 1. The molecule has 2 aromatic heterocycles. The second kappa shape index (κ2) is 6.51. The van der Waals surface area contributed by atoms with Crippen LogP contribution in [0.1, 0.15) is 19.0 Å². The third-order valence-electron chi connectivity index (χ3n) is 2.48. The highest BCUT2D eigenvalue weighted by atomic mass is 35.5. The van der Waals surface area contributed by atoms with E-state index in [9.17, 15) is 0 Å². The summed E-state index contributed by atoms with van der Waals surface area (Å²) in [6.45, 7) is 5.37. The lowest BCUT2D eigenvalue weighted by Gasteiger charge is -2.00. The van der Waals surface area contributed by atoms with Crippen LogP contribution in [0.4, 0.5) is 0 Å². The Morgan fingerprint density at radius 1 is 1.28 bits per heavy atom. The average molecular weight is 269 g/mol. The summed E-state index contributed by atoms with van der Waals surface area (Å²) in [5.41, 5.74) is 0.960. The van der Waals surface area contributed by atoms with Gasteiger partial charge < -0.3 is 5.32 Å². The minimum atomic E-state index is 0.651. The van der Waals surface area contributed by atoms with E-state index >= 15 is 0 Å². The lowest BCUT2D eigenvalue weighted by molar-refractivity contribution is 0.490. The molecule has 0 atom stereocenters. The molecule has 6 nitrogen and oxygen atoms in total. The van der Waals surface area contributed by atoms with E-state index in [1.165, 1.54) is 0 Å². The monoisotopic (exact) mass is 268 g/mol. The smallest absolute Gasteiger partial charge is 0.0964 e. The Bertz CT molecular complexity index is 477. The van der Waals surface area contributed by atoms with Gasteiger partial charge in [0, 0.05) is 18.9 Å². The molecule has 7 heteroatoms. The molecule has 98 valence electrons. The number of rotatable bonds is 7. The highest BCUT2D eigenvalue weighted by molar-refractivity contribution is 6.30. The average Bonchev–Trinajstić information content (AvgIpc) is 2.96. The van der Waals surface area contributed by atoms with E-state index in [4.69, 9.17) is 11.6 Å². The van der Waals surface area contributed by atoms with Crippen LogP contribution >= 0.6 is 11.6 Å². The van der Waals surface area contributed by atoms with Gasteiger partial charge in [-0.25, -0.2) is 0 Å². The van der Waals surface area contributed by atoms with Crippen LogP contribution in [-0.4, -0.2) is 31.3 Å². The van der Waals surface area contributed by atoms with Crippen molar-refractivity contribution in [3.63, 3.8) is 0 Å². The predicted octanol–water partition coefficient (Wildman–Crippen LogP) is 1.33. The molecule has 0 bridgehead atoms. The summed E-state index contributed by atoms with van der Waals surface area (Å²) < 4.78 is 3.61. The number of hydrogen-bond acceptors (Lipinski definition) is 4. The summed E-state index contributed by atoms with van der Waals surface area (Å²) >= 11 is 5.79. The normalized spacial score (nSPS) is 11.0. The zero-order chi connectivity index (χ0) is 12.8. The van der Waals surface area contributed by atoms with E-state index in [1.807, 2.05) is 10.9 Å². The van der Waals surface area contributed by atoms with Crippen LogP contribution in [0, 0.1) is 0 Å². The van der Waals surface area contributed by atoms with E-state index < -0.39 is 0 Å². The first kappa shape index (κ1) is 13.0. The van der Waals surface area contributed by atoms with Crippen LogP contribution in [0.25, 0.3) is 0 Å². The van der Waals surface area contributed by atoms with Crippen molar-refractivity contribution in [3.05, 3.63) is 29.3 Å². The van der Waals surface area contributed by atoms with Crippen LogP contribution in [0.3, 0.4) is 0 Å². The van der Waals surface area contributed by atoms with Crippen molar-refractivity contribution in [2.45, 2.75) is 33.0 Å². The molecule has 2 aromatic rings. The molecule has 0 saturated carbocycles. The molecule has 1 N–H and O–H groups in total. The van der Waals surface area contributed by atoms with Crippen LogP contribution in [-0.2, 0) is 19.6 Å². The van der Waals surface area contributed by atoms with E-state index in [2.05, 4.69) is 27.7 Å². The van der Waals surface area contributed by atoms with Crippen LogP contribution in [0.2, 0.25) is 5.02 Å².